The zero-order valence-electron chi connectivity index (χ0n) is 16.3. The zero-order chi connectivity index (χ0) is 18.1. The second-order valence-corrected chi connectivity index (χ2v) is 8.00. The molecule has 0 amide bonds. The Morgan fingerprint density at radius 2 is 1.52 bits per heavy atom. The van der Waals surface area contributed by atoms with Gasteiger partial charge in [-0.25, -0.2) is 0 Å². The van der Waals surface area contributed by atoms with Crippen LogP contribution in [0.5, 0.6) is 0 Å². The summed E-state index contributed by atoms with van der Waals surface area (Å²) in [6, 6.07) is 8.77. The molecule has 2 saturated heterocycles. The molecule has 0 atom stereocenters. The van der Waals surface area contributed by atoms with Crippen molar-refractivity contribution in [3.05, 3.63) is 35.8 Å². The van der Waals surface area contributed by atoms with Crippen LogP contribution in [0.2, 0.25) is 0 Å². The molecule has 1 aromatic carbocycles. The Morgan fingerprint density at radius 3 is 2.04 bits per heavy atom. The van der Waals surface area contributed by atoms with Gasteiger partial charge in [0.1, 0.15) is 0 Å². The highest BCUT2D eigenvalue weighted by atomic mass is 16.7. The van der Waals surface area contributed by atoms with E-state index in [1.807, 2.05) is 5.98 Å². The van der Waals surface area contributed by atoms with E-state index in [1.165, 1.54) is 11.3 Å². The van der Waals surface area contributed by atoms with Gasteiger partial charge in [-0.2, -0.15) is 0 Å². The zero-order valence-corrected chi connectivity index (χ0v) is 16.3. The average molecular weight is 342 g/mol. The van der Waals surface area contributed by atoms with Crippen LogP contribution >= 0.6 is 0 Å². The van der Waals surface area contributed by atoms with E-state index in [2.05, 4.69) is 74.8 Å². The number of nitrogens with zero attached hydrogens (tertiary/aromatic N) is 2. The predicted molar refractivity (Wildman–Crippen MR) is 106 cm³/mol. The summed E-state index contributed by atoms with van der Waals surface area (Å²) >= 11 is 0. The first-order valence-electron chi connectivity index (χ1n) is 9.42. The van der Waals surface area contributed by atoms with Crippen LogP contribution in [-0.4, -0.2) is 55.9 Å². The van der Waals surface area contributed by atoms with Crippen LogP contribution in [0.3, 0.4) is 0 Å². The van der Waals surface area contributed by atoms with E-state index in [9.17, 15) is 0 Å². The normalized spacial score (nSPS) is 23.6. The lowest BCUT2D eigenvalue weighted by molar-refractivity contribution is 0.00578. The summed E-state index contributed by atoms with van der Waals surface area (Å²) in [6.45, 7) is 16.2. The third kappa shape index (κ3) is 4.10. The molecule has 0 unspecified atom stereocenters. The van der Waals surface area contributed by atoms with Crippen LogP contribution in [0.25, 0.3) is 6.08 Å². The number of piperazine rings is 1. The van der Waals surface area contributed by atoms with Gasteiger partial charge in [0, 0.05) is 31.9 Å². The molecular formula is C20H31BN2O2. The topological polar surface area (TPSA) is 24.9 Å². The van der Waals surface area contributed by atoms with Gasteiger partial charge in [0.25, 0.3) is 0 Å². The number of rotatable bonds is 4. The number of anilines is 1. The molecule has 5 heteroatoms. The minimum absolute atomic E-state index is 0.285. The van der Waals surface area contributed by atoms with Gasteiger partial charge in [-0.15, -0.1) is 0 Å². The molecule has 136 valence electrons. The van der Waals surface area contributed by atoms with Crippen molar-refractivity contribution in [3.8, 4) is 0 Å². The number of hydrogen-bond acceptors (Lipinski definition) is 4. The minimum atomic E-state index is -0.285. The smallest absolute Gasteiger partial charge is 0.400 e. The van der Waals surface area contributed by atoms with Gasteiger partial charge in [-0.1, -0.05) is 31.1 Å². The summed E-state index contributed by atoms with van der Waals surface area (Å²) in [5.74, 6) is 2.01. The third-order valence-electron chi connectivity index (χ3n) is 5.80. The van der Waals surface area contributed by atoms with E-state index in [-0.39, 0.29) is 18.3 Å². The van der Waals surface area contributed by atoms with Crippen molar-refractivity contribution in [1.82, 2.24) is 4.90 Å². The van der Waals surface area contributed by atoms with E-state index < -0.39 is 0 Å². The molecule has 0 N–H and O–H groups in total. The van der Waals surface area contributed by atoms with Crippen molar-refractivity contribution in [2.45, 2.75) is 45.8 Å². The summed E-state index contributed by atoms with van der Waals surface area (Å²) in [6.07, 6.45) is 2.08. The molecule has 1 aromatic rings. The van der Waals surface area contributed by atoms with Gasteiger partial charge >= 0.3 is 7.12 Å². The minimum Gasteiger partial charge on any atom is -0.400 e. The van der Waals surface area contributed by atoms with Crippen LogP contribution in [0.4, 0.5) is 5.69 Å². The molecule has 0 spiro atoms. The maximum atomic E-state index is 6.00. The van der Waals surface area contributed by atoms with Crippen molar-refractivity contribution < 1.29 is 9.31 Å². The first kappa shape index (κ1) is 18.5. The third-order valence-corrected chi connectivity index (χ3v) is 5.80. The molecule has 4 nitrogen and oxygen atoms in total. The quantitative estimate of drug-likeness (QED) is 0.783. The highest BCUT2D eigenvalue weighted by Gasteiger charge is 2.49. The summed E-state index contributed by atoms with van der Waals surface area (Å²) in [7, 11) is -0.285. The van der Waals surface area contributed by atoms with Gasteiger partial charge in [-0.3, -0.25) is 0 Å². The van der Waals surface area contributed by atoms with Crippen molar-refractivity contribution >= 4 is 18.9 Å². The first-order valence-corrected chi connectivity index (χ1v) is 9.42. The lowest BCUT2D eigenvalue weighted by atomic mass is 9.89. The second-order valence-electron chi connectivity index (χ2n) is 8.00. The number of hydrogen-bond donors (Lipinski definition) is 0. The summed E-state index contributed by atoms with van der Waals surface area (Å²) in [4.78, 5) is 4.96. The lowest BCUT2D eigenvalue weighted by Gasteiger charge is -2.35. The Morgan fingerprint density at radius 1 is 0.960 bits per heavy atom. The number of benzene rings is 1. The molecule has 2 heterocycles. The highest BCUT2D eigenvalue weighted by Crippen LogP contribution is 2.37. The van der Waals surface area contributed by atoms with Crippen LogP contribution in [0.1, 0.15) is 40.2 Å². The molecule has 2 fully saturated rings. The molecule has 0 aromatic heterocycles. The predicted octanol–water partition coefficient (Wildman–Crippen LogP) is 3.47. The van der Waals surface area contributed by atoms with Crippen LogP contribution < -0.4 is 4.90 Å². The molecule has 0 radical (unpaired) electrons. The summed E-state index contributed by atoms with van der Waals surface area (Å²) in [5.41, 5.74) is 1.91. The maximum absolute atomic E-state index is 6.00. The molecular weight excluding hydrogens is 311 g/mol. The van der Waals surface area contributed by atoms with E-state index in [0.29, 0.717) is 0 Å². The van der Waals surface area contributed by atoms with Crippen molar-refractivity contribution in [1.29, 1.82) is 0 Å². The molecule has 0 saturated carbocycles. The van der Waals surface area contributed by atoms with Crippen molar-refractivity contribution in [3.63, 3.8) is 0 Å². The SMILES string of the molecule is CCN1CCN(c2ccc(/C=C/B3OC(C)(C)C(C)(C)O3)cc2)CC1. The van der Waals surface area contributed by atoms with Crippen LogP contribution in [0, 0.1) is 0 Å². The van der Waals surface area contributed by atoms with Gasteiger partial charge in [0.05, 0.1) is 11.2 Å². The Kier molecular flexibility index (Phi) is 5.28. The largest absolute Gasteiger partial charge is 0.487 e. The Hall–Kier alpha value is -1.30. The van der Waals surface area contributed by atoms with Gasteiger partial charge in [0.2, 0.25) is 0 Å². The van der Waals surface area contributed by atoms with Gasteiger partial charge in [0.15, 0.2) is 0 Å². The highest BCUT2D eigenvalue weighted by molar-refractivity contribution is 6.52. The Balaban J connectivity index is 1.58. The standard InChI is InChI=1S/C20H31BN2O2/c1-6-22-13-15-23(16-14-22)18-9-7-17(8-10-18)11-12-21-24-19(2,3)20(4,5)25-21/h7-12H,6,13-16H2,1-5H3/b12-11+. The Bertz CT molecular complexity index is 589. The molecule has 0 bridgehead atoms. The number of likely N-dealkylation sites (N-methyl/N-ethyl adjacent to an activating group) is 1. The van der Waals surface area contributed by atoms with Crippen LogP contribution in [0.15, 0.2) is 30.2 Å². The molecule has 25 heavy (non-hydrogen) atoms. The van der Waals surface area contributed by atoms with Crippen LogP contribution in [-0.2, 0) is 9.31 Å². The molecule has 3 rings (SSSR count). The monoisotopic (exact) mass is 342 g/mol. The molecule has 2 aliphatic heterocycles. The van der Waals surface area contributed by atoms with E-state index in [0.717, 1.165) is 32.7 Å². The van der Waals surface area contributed by atoms with Crippen molar-refractivity contribution in [2.75, 3.05) is 37.6 Å². The van der Waals surface area contributed by atoms with Gasteiger partial charge in [-0.05, 0) is 51.9 Å². The van der Waals surface area contributed by atoms with E-state index in [1.54, 1.807) is 0 Å². The lowest BCUT2D eigenvalue weighted by Crippen LogP contribution is -2.46. The van der Waals surface area contributed by atoms with E-state index >= 15 is 0 Å². The Labute approximate surface area is 152 Å². The molecule has 2 aliphatic rings. The van der Waals surface area contributed by atoms with E-state index in [4.69, 9.17) is 9.31 Å². The average Bonchev–Trinajstić information content (AvgIpc) is 2.81. The summed E-state index contributed by atoms with van der Waals surface area (Å²) < 4.78 is 12.0. The second kappa shape index (κ2) is 7.14. The van der Waals surface area contributed by atoms with Crippen molar-refractivity contribution in [2.24, 2.45) is 0 Å². The fourth-order valence-corrected chi connectivity index (χ4v) is 3.28. The fraction of sp³-hybridized carbons (Fsp3) is 0.600. The molecule has 0 aliphatic carbocycles. The van der Waals surface area contributed by atoms with Gasteiger partial charge < -0.3 is 19.1 Å². The first-order chi connectivity index (χ1) is 11.8. The summed E-state index contributed by atoms with van der Waals surface area (Å²) in [5, 5.41) is 0. The maximum Gasteiger partial charge on any atom is 0.487 e. The fourth-order valence-electron chi connectivity index (χ4n) is 3.28.